The number of unbranched alkanes of at least 4 members (excludes halogenated alkanes) is 7. The van der Waals surface area contributed by atoms with Gasteiger partial charge in [0.25, 0.3) is 0 Å². The zero-order valence-corrected chi connectivity index (χ0v) is 16.5. The quantitative estimate of drug-likeness (QED) is 0.255. The first kappa shape index (κ1) is 23.5. The Balaban J connectivity index is 2.10. The first-order chi connectivity index (χ1) is 12.4. The van der Waals surface area contributed by atoms with Gasteiger partial charge >= 0.3 is 6.18 Å². The third kappa shape index (κ3) is 9.44. The summed E-state index contributed by atoms with van der Waals surface area (Å²) in [4.78, 5) is 10.1. The van der Waals surface area contributed by atoms with Gasteiger partial charge in [-0.05, 0) is 44.2 Å². The van der Waals surface area contributed by atoms with Crippen molar-refractivity contribution in [1.82, 2.24) is 5.32 Å². The van der Waals surface area contributed by atoms with E-state index in [0.717, 1.165) is 12.8 Å². The molecule has 1 N–H and O–H groups in total. The number of rotatable bonds is 13. The lowest BCUT2D eigenvalue weighted by Gasteiger charge is -2.33. The average molecular weight is 399 g/mol. The van der Waals surface area contributed by atoms with Crippen molar-refractivity contribution in [3.63, 3.8) is 0 Å². The first-order valence-electron chi connectivity index (χ1n) is 9.78. The highest BCUT2D eigenvalue weighted by Crippen LogP contribution is 2.39. The van der Waals surface area contributed by atoms with Crippen molar-refractivity contribution >= 4 is 11.8 Å². The summed E-state index contributed by atoms with van der Waals surface area (Å²) >= 11 is 1.89. The van der Waals surface area contributed by atoms with Crippen molar-refractivity contribution in [2.75, 3.05) is 18.6 Å². The maximum Gasteiger partial charge on any atom is 0.398 e. The second kappa shape index (κ2) is 12.8. The van der Waals surface area contributed by atoms with E-state index in [1.54, 1.807) is 0 Å². The molecule has 1 aliphatic rings. The van der Waals surface area contributed by atoms with E-state index in [9.17, 15) is 23.3 Å². The fraction of sp³-hybridized carbons (Fsp3) is 1.00. The van der Waals surface area contributed by atoms with Crippen LogP contribution in [0.15, 0.2) is 0 Å². The number of alkyl halides is 3. The number of hydrogen-bond acceptors (Lipinski definition) is 4. The SMILES string of the molecule is CSCCCCCCCCCCNC1CCC([N+](=O)[O-])C(C(F)(F)F)C1. The molecule has 0 spiro atoms. The molecule has 154 valence electrons. The molecular formula is C18H33F3N2O2S. The zero-order chi connectivity index (χ0) is 19.4. The molecule has 26 heavy (non-hydrogen) atoms. The number of nitrogens with zero attached hydrogens (tertiary/aromatic N) is 1. The molecule has 1 fully saturated rings. The van der Waals surface area contributed by atoms with Gasteiger partial charge in [0.05, 0.1) is 0 Å². The van der Waals surface area contributed by atoms with E-state index in [0.29, 0.717) is 13.0 Å². The van der Waals surface area contributed by atoms with E-state index in [1.807, 2.05) is 11.8 Å². The van der Waals surface area contributed by atoms with E-state index >= 15 is 0 Å². The highest BCUT2D eigenvalue weighted by atomic mass is 32.2. The molecule has 3 atom stereocenters. The van der Waals surface area contributed by atoms with Gasteiger partial charge in [-0.3, -0.25) is 10.1 Å². The Kier molecular flexibility index (Phi) is 11.6. The van der Waals surface area contributed by atoms with Crippen molar-refractivity contribution < 1.29 is 18.1 Å². The third-order valence-electron chi connectivity index (χ3n) is 5.21. The highest BCUT2D eigenvalue weighted by Gasteiger charge is 2.53. The minimum absolute atomic E-state index is 0.00534. The second-order valence-electron chi connectivity index (χ2n) is 7.29. The smallest absolute Gasteiger partial charge is 0.314 e. The van der Waals surface area contributed by atoms with E-state index in [-0.39, 0.29) is 18.9 Å². The molecule has 1 aliphatic carbocycles. The van der Waals surface area contributed by atoms with Gasteiger partial charge in [-0.2, -0.15) is 24.9 Å². The van der Waals surface area contributed by atoms with Gasteiger partial charge in [-0.15, -0.1) is 0 Å². The minimum atomic E-state index is -4.49. The minimum Gasteiger partial charge on any atom is -0.314 e. The van der Waals surface area contributed by atoms with Crippen LogP contribution in [0.4, 0.5) is 13.2 Å². The summed E-state index contributed by atoms with van der Waals surface area (Å²) in [5.74, 6) is -0.584. The fourth-order valence-electron chi connectivity index (χ4n) is 3.68. The largest absolute Gasteiger partial charge is 0.398 e. The van der Waals surface area contributed by atoms with Gasteiger partial charge in [0.15, 0.2) is 0 Å². The number of nitrogens with one attached hydrogen (secondary N) is 1. The summed E-state index contributed by atoms with van der Waals surface area (Å²) in [6.45, 7) is 0.700. The Bertz CT molecular complexity index is 397. The fourth-order valence-corrected chi connectivity index (χ4v) is 4.18. The van der Waals surface area contributed by atoms with Crippen LogP contribution in [0, 0.1) is 16.0 Å². The van der Waals surface area contributed by atoms with Crippen molar-refractivity contribution in [2.45, 2.75) is 88.9 Å². The van der Waals surface area contributed by atoms with Gasteiger partial charge in [0.1, 0.15) is 5.92 Å². The molecule has 0 aromatic heterocycles. The number of halogens is 3. The third-order valence-corrected chi connectivity index (χ3v) is 5.91. The topological polar surface area (TPSA) is 55.2 Å². The predicted molar refractivity (Wildman–Crippen MR) is 101 cm³/mol. The van der Waals surface area contributed by atoms with Gasteiger partial charge in [0.2, 0.25) is 6.04 Å². The van der Waals surface area contributed by atoms with Crippen LogP contribution in [-0.2, 0) is 0 Å². The molecule has 3 unspecified atom stereocenters. The number of nitro groups is 1. The summed E-state index contributed by atoms with van der Waals surface area (Å²) < 4.78 is 39.2. The second-order valence-corrected chi connectivity index (χ2v) is 8.27. The summed E-state index contributed by atoms with van der Waals surface area (Å²) in [5, 5.41) is 14.0. The first-order valence-corrected chi connectivity index (χ1v) is 11.2. The molecule has 0 aliphatic heterocycles. The summed E-state index contributed by atoms with van der Waals surface area (Å²) in [6, 6.07) is -1.74. The molecule has 1 rings (SSSR count). The normalized spacial score (nSPS) is 23.9. The highest BCUT2D eigenvalue weighted by molar-refractivity contribution is 7.98. The van der Waals surface area contributed by atoms with Crippen molar-refractivity contribution in [3.05, 3.63) is 10.1 Å². The van der Waals surface area contributed by atoms with Crippen LogP contribution in [0.3, 0.4) is 0 Å². The molecule has 0 aromatic rings. The van der Waals surface area contributed by atoms with Crippen LogP contribution in [0.25, 0.3) is 0 Å². The molecule has 0 heterocycles. The molecule has 0 bridgehead atoms. The van der Waals surface area contributed by atoms with Gasteiger partial charge in [-0.1, -0.05) is 38.5 Å². The predicted octanol–water partition coefficient (Wildman–Crippen LogP) is 5.44. The summed E-state index contributed by atoms with van der Waals surface area (Å²) in [6.07, 6.45) is 7.51. The van der Waals surface area contributed by atoms with Crippen molar-refractivity contribution in [1.29, 1.82) is 0 Å². The van der Waals surface area contributed by atoms with Crippen molar-refractivity contribution in [3.8, 4) is 0 Å². The Morgan fingerprint density at radius 3 is 2.15 bits per heavy atom. The molecule has 8 heteroatoms. The van der Waals surface area contributed by atoms with Crippen LogP contribution < -0.4 is 5.32 Å². The molecule has 4 nitrogen and oxygen atoms in total. The molecule has 0 aromatic carbocycles. The molecular weight excluding hydrogens is 365 g/mol. The summed E-state index contributed by atoms with van der Waals surface area (Å²) in [7, 11) is 0. The van der Waals surface area contributed by atoms with Crippen LogP contribution >= 0.6 is 11.8 Å². The van der Waals surface area contributed by atoms with E-state index in [1.165, 1.54) is 44.3 Å². The molecule has 0 radical (unpaired) electrons. The van der Waals surface area contributed by atoms with Crippen LogP contribution in [0.2, 0.25) is 0 Å². The Hall–Kier alpha value is -0.500. The zero-order valence-electron chi connectivity index (χ0n) is 15.7. The van der Waals surface area contributed by atoms with E-state index < -0.39 is 23.1 Å². The Morgan fingerprint density at radius 2 is 1.62 bits per heavy atom. The maximum atomic E-state index is 13.1. The van der Waals surface area contributed by atoms with Gasteiger partial charge < -0.3 is 5.32 Å². The van der Waals surface area contributed by atoms with Crippen LogP contribution in [0.5, 0.6) is 0 Å². The number of thioether (sulfide) groups is 1. The Morgan fingerprint density at radius 1 is 1.04 bits per heavy atom. The Labute approximate surface area is 159 Å². The maximum absolute atomic E-state index is 13.1. The van der Waals surface area contributed by atoms with E-state index in [4.69, 9.17) is 0 Å². The lowest BCUT2D eigenvalue weighted by atomic mass is 9.81. The van der Waals surface area contributed by atoms with E-state index in [2.05, 4.69) is 11.6 Å². The van der Waals surface area contributed by atoms with Gasteiger partial charge in [0, 0.05) is 17.4 Å². The molecule has 0 amide bonds. The van der Waals surface area contributed by atoms with Crippen LogP contribution in [0.1, 0.15) is 70.6 Å². The van der Waals surface area contributed by atoms with Gasteiger partial charge in [-0.25, -0.2) is 0 Å². The number of hydrogen-bond donors (Lipinski definition) is 1. The van der Waals surface area contributed by atoms with Crippen molar-refractivity contribution in [2.24, 2.45) is 5.92 Å². The molecule has 1 saturated carbocycles. The summed E-state index contributed by atoms with van der Waals surface area (Å²) in [5.41, 5.74) is 0. The standard InChI is InChI=1S/C18H33F3N2O2S/c1-26-13-9-7-5-3-2-4-6-8-12-22-15-10-11-17(23(24)25)16(14-15)18(19,20)21/h15-17,22H,2-14H2,1H3. The lowest BCUT2D eigenvalue weighted by molar-refractivity contribution is -0.545. The van der Waals surface area contributed by atoms with Crippen LogP contribution in [-0.4, -0.2) is 41.7 Å². The molecule has 0 saturated heterocycles. The lowest BCUT2D eigenvalue weighted by Crippen LogP contribution is -2.48. The monoisotopic (exact) mass is 398 g/mol. The average Bonchev–Trinajstić information content (AvgIpc) is 2.58.